The van der Waals surface area contributed by atoms with Crippen molar-refractivity contribution in [3.8, 4) is 0 Å². The SMILES string of the molecule is CCC(O)CN[C@@H](C)c1cccnc1. The topological polar surface area (TPSA) is 45.1 Å². The van der Waals surface area contributed by atoms with E-state index in [1.54, 1.807) is 6.20 Å². The second kappa shape index (κ2) is 5.73. The number of pyridine rings is 1. The number of nitrogens with zero attached hydrogens (tertiary/aromatic N) is 1. The molecule has 14 heavy (non-hydrogen) atoms. The van der Waals surface area contributed by atoms with Gasteiger partial charge in [0.05, 0.1) is 6.10 Å². The third-order valence-electron chi connectivity index (χ3n) is 2.32. The zero-order chi connectivity index (χ0) is 10.4. The van der Waals surface area contributed by atoms with E-state index in [1.807, 2.05) is 25.3 Å². The van der Waals surface area contributed by atoms with Crippen LogP contribution in [0.5, 0.6) is 0 Å². The van der Waals surface area contributed by atoms with Crippen molar-refractivity contribution >= 4 is 0 Å². The maximum absolute atomic E-state index is 9.38. The van der Waals surface area contributed by atoms with Gasteiger partial charge in [-0.3, -0.25) is 4.98 Å². The fourth-order valence-electron chi connectivity index (χ4n) is 1.21. The molecule has 2 N–H and O–H groups in total. The van der Waals surface area contributed by atoms with Gasteiger partial charge in [0.25, 0.3) is 0 Å². The predicted molar refractivity (Wildman–Crippen MR) is 57.0 cm³/mol. The Labute approximate surface area is 85.2 Å². The lowest BCUT2D eigenvalue weighted by Gasteiger charge is -2.16. The van der Waals surface area contributed by atoms with E-state index in [0.29, 0.717) is 6.54 Å². The van der Waals surface area contributed by atoms with Crippen molar-refractivity contribution in [3.05, 3.63) is 30.1 Å². The van der Waals surface area contributed by atoms with Crippen LogP contribution in [0, 0.1) is 0 Å². The van der Waals surface area contributed by atoms with Gasteiger partial charge >= 0.3 is 0 Å². The Kier molecular flexibility index (Phi) is 4.56. The summed E-state index contributed by atoms with van der Waals surface area (Å²) in [5, 5.41) is 12.6. The molecule has 0 aliphatic rings. The number of aromatic nitrogens is 1. The lowest BCUT2D eigenvalue weighted by Crippen LogP contribution is -2.28. The quantitative estimate of drug-likeness (QED) is 0.746. The maximum Gasteiger partial charge on any atom is 0.0662 e. The van der Waals surface area contributed by atoms with Crippen LogP contribution in [0.4, 0.5) is 0 Å². The van der Waals surface area contributed by atoms with E-state index in [0.717, 1.165) is 12.0 Å². The van der Waals surface area contributed by atoms with Crippen LogP contribution >= 0.6 is 0 Å². The monoisotopic (exact) mass is 194 g/mol. The second-order valence-electron chi connectivity index (χ2n) is 3.48. The van der Waals surface area contributed by atoms with Gasteiger partial charge in [0.15, 0.2) is 0 Å². The summed E-state index contributed by atoms with van der Waals surface area (Å²) in [6.45, 7) is 4.67. The molecule has 0 aliphatic heterocycles. The molecule has 78 valence electrons. The molecule has 0 radical (unpaired) electrons. The zero-order valence-electron chi connectivity index (χ0n) is 8.77. The molecule has 0 amide bonds. The Balaban J connectivity index is 2.39. The lowest BCUT2D eigenvalue weighted by atomic mass is 10.1. The normalized spacial score (nSPS) is 15.1. The number of aliphatic hydroxyl groups excluding tert-OH is 1. The van der Waals surface area contributed by atoms with E-state index in [9.17, 15) is 5.11 Å². The van der Waals surface area contributed by atoms with Gasteiger partial charge in [0.1, 0.15) is 0 Å². The molecule has 1 aromatic rings. The van der Waals surface area contributed by atoms with Gasteiger partial charge in [0, 0.05) is 25.0 Å². The fourth-order valence-corrected chi connectivity index (χ4v) is 1.21. The first-order chi connectivity index (χ1) is 6.74. The van der Waals surface area contributed by atoms with E-state index < -0.39 is 0 Å². The smallest absolute Gasteiger partial charge is 0.0662 e. The molecule has 0 aliphatic carbocycles. The third kappa shape index (κ3) is 3.44. The van der Waals surface area contributed by atoms with Gasteiger partial charge < -0.3 is 10.4 Å². The summed E-state index contributed by atoms with van der Waals surface area (Å²) in [7, 11) is 0. The van der Waals surface area contributed by atoms with Crippen molar-refractivity contribution in [1.82, 2.24) is 10.3 Å². The van der Waals surface area contributed by atoms with Crippen LogP contribution in [-0.4, -0.2) is 22.7 Å². The minimum atomic E-state index is -0.255. The molecule has 0 aromatic carbocycles. The van der Waals surface area contributed by atoms with Gasteiger partial charge in [-0.15, -0.1) is 0 Å². The van der Waals surface area contributed by atoms with E-state index in [-0.39, 0.29) is 12.1 Å². The lowest BCUT2D eigenvalue weighted by molar-refractivity contribution is 0.163. The summed E-state index contributed by atoms with van der Waals surface area (Å²) in [4.78, 5) is 4.05. The van der Waals surface area contributed by atoms with Crippen LogP contribution in [-0.2, 0) is 0 Å². The highest BCUT2D eigenvalue weighted by molar-refractivity contribution is 5.12. The van der Waals surface area contributed by atoms with Crippen molar-refractivity contribution in [2.45, 2.75) is 32.4 Å². The van der Waals surface area contributed by atoms with Crippen LogP contribution in [0.15, 0.2) is 24.5 Å². The Morgan fingerprint density at radius 1 is 1.57 bits per heavy atom. The highest BCUT2D eigenvalue weighted by Crippen LogP contribution is 2.09. The predicted octanol–water partition coefficient (Wildman–Crippen LogP) is 1.50. The average molecular weight is 194 g/mol. The Morgan fingerprint density at radius 3 is 2.93 bits per heavy atom. The summed E-state index contributed by atoms with van der Waals surface area (Å²) in [5.74, 6) is 0. The van der Waals surface area contributed by atoms with Crippen molar-refractivity contribution in [3.63, 3.8) is 0 Å². The number of rotatable bonds is 5. The van der Waals surface area contributed by atoms with E-state index >= 15 is 0 Å². The molecule has 1 rings (SSSR count). The van der Waals surface area contributed by atoms with Gasteiger partial charge in [-0.2, -0.15) is 0 Å². The number of hydrogen-bond donors (Lipinski definition) is 2. The molecule has 3 nitrogen and oxygen atoms in total. The standard InChI is InChI=1S/C11H18N2O/c1-3-11(14)8-13-9(2)10-5-4-6-12-7-10/h4-7,9,11,13-14H,3,8H2,1-2H3/t9-,11?/m0/s1. The summed E-state index contributed by atoms with van der Waals surface area (Å²) in [6.07, 6.45) is 4.13. The van der Waals surface area contributed by atoms with Gasteiger partial charge in [0.2, 0.25) is 0 Å². The first kappa shape index (κ1) is 11.1. The molecule has 3 heteroatoms. The van der Waals surface area contributed by atoms with Crippen molar-refractivity contribution in [1.29, 1.82) is 0 Å². The molecular weight excluding hydrogens is 176 g/mol. The fraction of sp³-hybridized carbons (Fsp3) is 0.545. The van der Waals surface area contributed by atoms with Crippen LogP contribution < -0.4 is 5.32 Å². The van der Waals surface area contributed by atoms with Crippen molar-refractivity contribution in [2.24, 2.45) is 0 Å². The molecule has 2 atom stereocenters. The van der Waals surface area contributed by atoms with E-state index in [4.69, 9.17) is 0 Å². The molecule has 1 unspecified atom stereocenters. The first-order valence-electron chi connectivity index (χ1n) is 5.05. The minimum absolute atomic E-state index is 0.241. The molecule has 0 saturated carbocycles. The van der Waals surface area contributed by atoms with Crippen LogP contribution in [0.25, 0.3) is 0 Å². The summed E-state index contributed by atoms with van der Waals surface area (Å²) >= 11 is 0. The maximum atomic E-state index is 9.38. The second-order valence-corrected chi connectivity index (χ2v) is 3.48. The highest BCUT2D eigenvalue weighted by Gasteiger charge is 2.06. The van der Waals surface area contributed by atoms with Gasteiger partial charge in [-0.05, 0) is 25.0 Å². The van der Waals surface area contributed by atoms with Gasteiger partial charge in [-0.25, -0.2) is 0 Å². The molecule has 1 aromatic heterocycles. The zero-order valence-corrected chi connectivity index (χ0v) is 8.77. The van der Waals surface area contributed by atoms with Crippen LogP contribution in [0.1, 0.15) is 31.9 Å². The molecule has 0 spiro atoms. The Morgan fingerprint density at radius 2 is 2.36 bits per heavy atom. The van der Waals surface area contributed by atoms with Crippen molar-refractivity contribution in [2.75, 3.05) is 6.54 Å². The molecule has 0 saturated heterocycles. The molecule has 1 heterocycles. The number of hydrogen-bond acceptors (Lipinski definition) is 3. The van der Waals surface area contributed by atoms with E-state index in [1.165, 1.54) is 0 Å². The molecule has 0 bridgehead atoms. The summed E-state index contributed by atoms with van der Waals surface area (Å²) in [6, 6.07) is 4.19. The van der Waals surface area contributed by atoms with Crippen molar-refractivity contribution < 1.29 is 5.11 Å². The van der Waals surface area contributed by atoms with Crippen LogP contribution in [0.3, 0.4) is 0 Å². The van der Waals surface area contributed by atoms with Gasteiger partial charge in [-0.1, -0.05) is 13.0 Å². The highest BCUT2D eigenvalue weighted by atomic mass is 16.3. The summed E-state index contributed by atoms with van der Waals surface area (Å²) < 4.78 is 0. The largest absolute Gasteiger partial charge is 0.392 e. The molecular formula is C11H18N2O. The number of aliphatic hydroxyl groups is 1. The Hall–Kier alpha value is -0.930. The average Bonchev–Trinajstić information content (AvgIpc) is 2.26. The first-order valence-corrected chi connectivity index (χ1v) is 5.05. The minimum Gasteiger partial charge on any atom is -0.392 e. The number of nitrogens with one attached hydrogen (secondary N) is 1. The Bertz CT molecular complexity index is 251. The third-order valence-corrected chi connectivity index (χ3v) is 2.32. The molecule has 0 fully saturated rings. The van der Waals surface area contributed by atoms with E-state index in [2.05, 4.69) is 17.2 Å². The van der Waals surface area contributed by atoms with Crippen LogP contribution in [0.2, 0.25) is 0 Å². The summed E-state index contributed by atoms with van der Waals surface area (Å²) in [5.41, 5.74) is 1.15.